The molecular formula is C19H19N4OS+. The lowest BCUT2D eigenvalue weighted by Gasteiger charge is -2.19. The zero-order valence-electron chi connectivity index (χ0n) is 14.1. The molecule has 4 aromatic rings. The second kappa shape index (κ2) is 6.38. The molecule has 0 fully saturated rings. The summed E-state index contributed by atoms with van der Waals surface area (Å²) >= 11 is 1.73. The lowest BCUT2D eigenvalue weighted by Crippen LogP contribution is -3.07. The Morgan fingerprint density at radius 2 is 1.80 bits per heavy atom. The van der Waals surface area contributed by atoms with E-state index in [2.05, 4.69) is 30.0 Å². The lowest BCUT2D eigenvalue weighted by molar-refractivity contribution is -0.924. The minimum atomic E-state index is -0.0824. The van der Waals surface area contributed by atoms with Crippen molar-refractivity contribution in [1.29, 1.82) is 0 Å². The third-order valence-corrected chi connectivity index (χ3v) is 5.75. The average molecular weight is 351 g/mol. The van der Waals surface area contributed by atoms with E-state index in [1.807, 2.05) is 36.4 Å². The highest BCUT2D eigenvalue weighted by molar-refractivity contribution is 7.18. The second-order valence-corrected chi connectivity index (χ2v) is 7.36. The molecule has 0 radical (unpaired) electrons. The molecule has 2 aromatic heterocycles. The van der Waals surface area contributed by atoms with Gasteiger partial charge in [-0.2, -0.15) is 0 Å². The number of aromatic amines is 1. The number of aromatic nitrogens is 3. The van der Waals surface area contributed by atoms with Crippen molar-refractivity contribution in [1.82, 2.24) is 15.0 Å². The van der Waals surface area contributed by atoms with Gasteiger partial charge in [0.05, 0.1) is 28.2 Å². The van der Waals surface area contributed by atoms with Crippen molar-refractivity contribution >= 4 is 32.5 Å². The third-order valence-electron chi connectivity index (χ3n) is 4.53. The Hall–Kier alpha value is -2.57. The Morgan fingerprint density at radius 1 is 1.08 bits per heavy atom. The SMILES string of the molecule is C[C@H](c1nc2ccccc2s1)[NH+](C)Cc1nc2ccccc2c(=O)[nH]1. The van der Waals surface area contributed by atoms with Crippen LogP contribution in [0.3, 0.4) is 0 Å². The van der Waals surface area contributed by atoms with Crippen LogP contribution in [0.1, 0.15) is 23.8 Å². The standard InChI is InChI=1S/C19H18N4OS/c1-12(19-21-15-9-5-6-10-16(15)25-19)23(2)11-17-20-14-8-4-3-7-13(14)18(24)22-17/h3-10,12H,11H2,1-2H3,(H,20,22,24)/p+1/t12-/m1/s1. The van der Waals surface area contributed by atoms with E-state index in [-0.39, 0.29) is 11.6 Å². The topological polar surface area (TPSA) is 63.1 Å². The van der Waals surface area contributed by atoms with Gasteiger partial charge < -0.3 is 9.88 Å². The van der Waals surface area contributed by atoms with Crippen LogP contribution in [-0.4, -0.2) is 22.0 Å². The van der Waals surface area contributed by atoms with Crippen LogP contribution in [0.4, 0.5) is 0 Å². The van der Waals surface area contributed by atoms with Crippen molar-refractivity contribution in [3.05, 3.63) is 69.7 Å². The molecule has 0 aliphatic rings. The summed E-state index contributed by atoms with van der Waals surface area (Å²) in [6, 6.07) is 15.8. The van der Waals surface area contributed by atoms with Crippen molar-refractivity contribution in [3.63, 3.8) is 0 Å². The first-order valence-electron chi connectivity index (χ1n) is 8.27. The van der Waals surface area contributed by atoms with Crippen LogP contribution < -0.4 is 10.5 Å². The summed E-state index contributed by atoms with van der Waals surface area (Å²) in [6.45, 7) is 2.80. The molecule has 4 rings (SSSR count). The quantitative estimate of drug-likeness (QED) is 0.593. The molecule has 2 aromatic carbocycles. The number of nitrogens with zero attached hydrogens (tertiary/aromatic N) is 2. The molecule has 0 aliphatic carbocycles. The van der Waals surface area contributed by atoms with Gasteiger partial charge in [-0.25, -0.2) is 9.97 Å². The highest BCUT2D eigenvalue weighted by Crippen LogP contribution is 2.24. The number of quaternary nitrogens is 1. The van der Waals surface area contributed by atoms with Gasteiger partial charge in [-0.1, -0.05) is 24.3 Å². The second-order valence-electron chi connectivity index (χ2n) is 6.29. The van der Waals surface area contributed by atoms with Crippen LogP contribution in [-0.2, 0) is 6.54 Å². The Morgan fingerprint density at radius 3 is 2.60 bits per heavy atom. The van der Waals surface area contributed by atoms with Crippen molar-refractivity contribution in [3.8, 4) is 0 Å². The fraction of sp³-hybridized carbons (Fsp3) is 0.211. The summed E-state index contributed by atoms with van der Waals surface area (Å²) in [5.41, 5.74) is 1.70. The van der Waals surface area contributed by atoms with E-state index in [4.69, 9.17) is 4.98 Å². The van der Waals surface area contributed by atoms with Crippen LogP contribution in [0.25, 0.3) is 21.1 Å². The fourth-order valence-corrected chi connectivity index (χ4v) is 4.03. The Bertz CT molecular complexity index is 1070. The first kappa shape index (κ1) is 15.9. The fourth-order valence-electron chi connectivity index (χ4n) is 2.92. The van der Waals surface area contributed by atoms with Crippen molar-refractivity contribution in [2.45, 2.75) is 19.5 Å². The molecule has 126 valence electrons. The van der Waals surface area contributed by atoms with E-state index >= 15 is 0 Å². The lowest BCUT2D eigenvalue weighted by atomic mass is 10.2. The number of benzene rings is 2. The molecule has 0 amide bonds. The largest absolute Gasteiger partial charge is 0.323 e. The molecule has 0 bridgehead atoms. The molecule has 5 nitrogen and oxygen atoms in total. The number of rotatable bonds is 4. The number of nitrogens with one attached hydrogen (secondary N) is 2. The van der Waals surface area contributed by atoms with Gasteiger partial charge in [-0.3, -0.25) is 4.79 Å². The van der Waals surface area contributed by atoms with Crippen LogP contribution >= 0.6 is 11.3 Å². The van der Waals surface area contributed by atoms with Crippen molar-refractivity contribution < 1.29 is 4.90 Å². The molecule has 0 saturated carbocycles. The number of para-hydroxylation sites is 2. The van der Waals surface area contributed by atoms with E-state index < -0.39 is 0 Å². The van der Waals surface area contributed by atoms with E-state index in [1.54, 1.807) is 17.4 Å². The zero-order chi connectivity index (χ0) is 17.4. The molecule has 0 spiro atoms. The van der Waals surface area contributed by atoms with Crippen molar-refractivity contribution in [2.75, 3.05) is 7.05 Å². The van der Waals surface area contributed by atoms with Crippen LogP contribution in [0, 0.1) is 0 Å². The third kappa shape index (κ3) is 3.06. The minimum Gasteiger partial charge on any atom is -0.323 e. The van der Waals surface area contributed by atoms with E-state index in [1.165, 1.54) is 9.60 Å². The number of thiazole rings is 1. The maximum absolute atomic E-state index is 12.2. The number of H-pyrrole nitrogens is 1. The maximum atomic E-state index is 12.2. The van der Waals surface area contributed by atoms with Crippen LogP contribution in [0.15, 0.2) is 53.3 Å². The summed E-state index contributed by atoms with van der Waals surface area (Å²) < 4.78 is 1.20. The average Bonchev–Trinajstić information content (AvgIpc) is 3.05. The first-order valence-corrected chi connectivity index (χ1v) is 9.09. The van der Waals surface area contributed by atoms with Gasteiger partial charge in [0.1, 0.15) is 12.6 Å². The monoisotopic (exact) mass is 351 g/mol. The van der Waals surface area contributed by atoms with Gasteiger partial charge in [-0.15, -0.1) is 11.3 Å². The van der Waals surface area contributed by atoms with Crippen LogP contribution in [0.2, 0.25) is 0 Å². The zero-order valence-corrected chi connectivity index (χ0v) is 14.9. The molecule has 2 atom stereocenters. The van der Waals surface area contributed by atoms with Gasteiger partial charge >= 0.3 is 0 Å². The van der Waals surface area contributed by atoms with Gasteiger partial charge in [0.25, 0.3) is 5.56 Å². The predicted octanol–water partition coefficient (Wildman–Crippen LogP) is 2.31. The smallest absolute Gasteiger partial charge is 0.258 e. The van der Waals surface area contributed by atoms with E-state index in [0.29, 0.717) is 17.8 Å². The summed E-state index contributed by atoms with van der Waals surface area (Å²) in [5.74, 6) is 0.703. The molecule has 1 unspecified atom stereocenters. The summed E-state index contributed by atoms with van der Waals surface area (Å²) in [5, 5.41) is 1.73. The summed E-state index contributed by atoms with van der Waals surface area (Å²) in [6.07, 6.45) is 0. The Balaban J connectivity index is 1.60. The van der Waals surface area contributed by atoms with Crippen molar-refractivity contribution in [2.24, 2.45) is 0 Å². The predicted molar refractivity (Wildman–Crippen MR) is 101 cm³/mol. The maximum Gasteiger partial charge on any atom is 0.258 e. The molecule has 0 saturated heterocycles. The van der Waals surface area contributed by atoms with Gasteiger partial charge in [0.15, 0.2) is 10.8 Å². The number of fused-ring (bicyclic) bond motifs is 2. The normalized spacial score (nSPS) is 14.0. The molecule has 25 heavy (non-hydrogen) atoms. The molecule has 2 N–H and O–H groups in total. The highest BCUT2D eigenvalue weighted by atomic mass is 32.1. The van der Waals surface area contributed by atoms with Gasteiger partial charge in [0.2, 0.25) is 0 Å². The van der Waals surface area contributed by atoms with Crippen LogP contribution in [0.5, 0.6) is 0 Å². The highest BCUT2D eigenvalue weighted by Gasteiger charge is 2.21. The molecule has 0 aliphatic heterocycles. The van der Waals surface area contributed by atoms with E-state index in [9.17, 15) is 4.79 Å². The number of hydrogen-bond acceptors (Lipinski definition) is 4. The Kier molecular flexibility index (Phi) is 4.07. The van der Waals surface area contributed by atoms with Gasteiger partial charge in [0, 0.05) is 0 Å². The molecule has 2 heterocycles. The number of hydrogen-bond donors (Lipinski definition) is 2. The Labute approximate surface area is 149 Å². The first-order chi connectivity index (χ1) is 12.1. The summed E-state index contributed by atoms with van der Waals surface area (Å²) in [7, 11) is 2.10. The molecule has 6 heteroatoms. The molecular weight excluding hydrogens is 332 g/mol. The van der Waals surface area contributed by atoms with E-state index in [0.717, 1.165) is 16.0 Å². The minimum absolute atomic E-state index is 0.0824. The van der Waals surface area contributed by atoms with Gasteiger partial charge in [-0.05, 0) is 31.2 Å². The summed E-state index contributed by atoms with van der Waals surface area (Å²) in [4.78, 5) is 25.7.